The van der Waals surface area contributed by atoms with E-state index in [2.05, 4.69) is 31.1 Å². The zero-order chi connectivity index (χ0) is 15.0. The van der Waals surface area contributed by atoms with Crippen LogP contribution in [0.3, 0.4) is 0 Å². The smallest absolute Gasteiger partial charge is 0.255 e. The molecule has 0 heterocycles. The fourth-order valence-corrected chi connectivity index (χ4v) is 1.60. The molecule has 0 fully saturated rings. The summed E-state index contributed by atoms with van der Waals surface area (Å²) in [5.41, 5.74) is 6.20. The summed E-state index contributed by atoms with van der Waals surface area (Å²) >= 11 is 0. The van der Waals surface area contributed by atoms with E-state index in [9.17, 15) is 4.79 Å². The fourth-order valence-electron chi connectivity index (χ4n) is 1.60. The summed E-state index contributed by atoms with van der Waals surface area (Å²) in [4.78, 5) is 12.9. The van der Waals surface area contributed by atoms with Crippen molar-refractivity contribution in [3.05, 3.63) is 29.8 Å². The second-order valence-corrected chi connectivity index (χ2v) is 5.15. The van der Waals surface area contributed by atoms with Gasteiger partial charge in [-0.1, -0.05) is 12.1 Å². The largest absolute Gasteiger partial charge is 0.484 e. The highest BCUT2D eigenvalue weighted by molar-refractivity contribution is 5.75. The first kappa shape index (κ1) is 16.5. The molecule has 5 nitrogen and oxygen atoms in total. The summed E-state index contributed by atoms with van der Waals surface area (Å²) in [7, 11) is 2.12. The van der Waals surface area contributed by atoms with Crippen molar-refractivity contribution in [3.8, 4) is 5.75 Å². The molecule has 0 atom stereocenters. The molecule has 112 valence electrons. The molecule has 1 aromatic carbocycles. The van der Waals surface area contributed by atoms with Crippen LogP contribution < -0.4 is 15.8 Å². The zero-order valence-electron chi connectivity index (χ0n) is 12.6. The van der Waals surface area contributed by atoms with Crippen LogP contribution in [0.25, 0.3) is 0 Å². The monoisotopic (exact) mass is 279 g/mol. The molecule has 20 heavy (non-hydrogen) atoms. The number of nitrogens with zero attached hydrogens (tertiary/aromatic N) is 1. The summed E-state index contributed by atoms with van der Waals surface area (Å²) in [5, 5.41) is 3.40. The van der Waals surface area contributed by atoms with Crippen LogP contribution in [0.5, 0.6) is 5.75 Å². The first-order chi connectivity index (χ1) is 9.49. The lowest BCUT2D eigenvalue weighted by Gasteiger charge is -2.20. The van der Waals surface area contributed by atoms with Gasteiger partial charge in [0.1, 0.15) is 5.75 Å². The lowest BCUT2D eigenvalue weighted by molar-refractivity contribution is -0.119. The van der Waals surface area contributed by atoms with Gasteiger partial charge >= 0.3 is 0 Å². The molecule has 0 saturated heterocycles. The van der Waals surface area contributed by atoms with Gasteiger partial charge in [0, 0.05) is 25.7 Å². The Labute approximate surface area is 121 Å². The molecule has 0 unspecified atom stereocenters. The molecule has 0 saturated carbocycles. The Bertz CT molecular complexity index is 404. The van der Waals surface area contributed by atoms with Gasteiger partial charge in [-0.2, -0.15) is 0 Å². The Kier molecular flexibility index (Phi) is 7.04. The fraction of sp³-hybridized carbons (Fsp3) is 0.533. The molecular weight excluding hydrogens is 254 g/mol. The Balaban J connectivity index is 2.26. The van der Waals surface area contributed by atoms with E-state index < -0.39 is 5.91 Å². The number of primary amides is 1. The van der Waals surface area contributed by atoms with Crippen molar-refractivity contribution in [3.63, 3.8) is 0 Å². The normalized spacial score (nSPS) is 11.1. The van der Waals surface area contributed by atoms with Gasteiger partial charge in [-0.25, -0.2) is 0 Å². The lowest BCUT2D eigenvalue weighted by atomic mass is 10.2. The quantitative estimate of drug-likeness (QED) is 0.661. The van der Waals surface area contributed by atoms with E-state index in [1.807, 2.05) is 24.3 Å². The number of hydrogen-bond acceptors (Lipinski definition) is 4. The Morgan fingerprint density at radius 3 is 2.55 bits per heavy atom. The minimum Gasteiger partial charge on any atom is -0.484 e. The van der Waals surface area contributed by atoms with Crippen LogP contribution in [0.4, 0.5) is 0 Å². The van der Waals surface area contributed by atoms with Gasteiger partial charge in [0.05, 0.1) is 0 Å². The summed E-state index contributed by atoms with van der Waals surface area (Å²) in [6.45, 7) is 7.09. The predicted octanol–water partition coefficient (Wildman–Crippen LogP) is 0.981. The molecule has 0 aliphatic rings. The third-order valence-corrected chi connectivity index (χ3v) is 3.16. The van der Waals surface area contributed by atoms with Crippen molar-refractivity contribution in [1.82, 2.24) is 10.2 Å². The highest BCUT2D eigenvalue weighted by atomic mass is 16.5. The third kappa shape index (κ3) is 6.54. The van der Waals surface area contributed by atoms with Crippen LogP contribution in [0, 0.1) is 0 Å². The molecule has 1 aromatic rings. The van der Waals surface area contributed by atoms with Crippen LogP contribution in [-0.4, -0.2) is 43.6 Å². The molecule has 3 N–H and O–H groups in total. The number of nitrogens with one attached hydrogen (secondary N) is 1. The Morgan fingerprint density at radius 2 is 2.00 bits per heavy atom. The van der Waals surface area contributed by atoms with Crippen LogP contribution in [0.1, 0.15) is 19.4 Å². The van der Waals surface area contributed by atoms with E-state index in [0.717, 1.165) is 19.6 Å². The van der Waals surface area contributed by atoms with E-state index >= 15 is 0 Å². The standard InChI is InChI=1S/C15H25N3O2/c1-12(2)18(3)9-8-17-10-13-4-6-14(7-5-13)20-11-15(16)19/h4-7,12,17H,8-11H2,1-3H3,(H2,16,19). The average molecular weight is 279 g/mol. The van der Waals surface area contributed by atoms with E-state index in [0.29, 0.717) is 11.8 Å². The van der Waals surface area contributed by atoms with Crippen molar-refractivity contribution < 1.29 is 9.53 Å². The van der Waals surface area contributed by atoms with Crippen molar-refractivity contribution in [2.75, 3.05) is 26.7 Å². The molecule has 0 bridgehead atoms. The van der Waals surface area contributed by atoms with Gasteiger partial charge in [0.2, 0.25) is 0 Å². The number of benzene rings is 1. The number of carbonyl (C=O) groups excluding carboxylic acids is 1. The summed E-state index contributed by atoms with van der Waals surface area (Å²) in [6, 6.07) is 8.23. The number of nitrogens with two attached hydrogens (primary N) is 1. The number of rotatable bonds is 9. The SMILES string of the molecule is CC(C)N(C)CCNCc1ccc(OCC(N)=O)cc1. The van der Waals surface area contributed by atoms with Crippen molar-refractivity contribution in [2.24, 2.45) is 5.73 Å². The van der Waals surface area contributed by atoms with E-state index in [1.165, 1.54) is 5.56 Å². The number of carbonyl (C=O) groups is 1. The molecular formula is C15H25N3O2. The second kappa shape index (κ2) is 8.55. The highest BCUT2D eigenvalue weighted by Crippen LogP contribution is 2.11. The van der Waals surface area contributed by atoms with Crippen LogP contribution in [0.15, 0.2) is 24.3 Å². The van der Waals surface area contributed by atoms with Gasteiger partial charge in [-0.15, -0.1) is 0 Å². The van der Waals surface area contributed by atoms with Crippen LogP contribution in [0.2, 0.25) is 0 Å². The Morgan fingerprint density at radius 1 is 1.35 bits per heavy atom. The topological polar surface area (TPSA) is 67.6 Å². The number of ether oxygens (including phenoxy) is 1. The minimum atomic E-state index is -0.468. The molecule has 0 aliphatic heterocycles. The molecule has 5 heteroatoms. The average Bonchev–Trinajstić information content (AvgIpc) is 2.42. The third-order valence-electron chi connectivity index (χ3n) is 3.16. The maximum absolute atomic E-state index is 10.6. The first-order valence-electron chi connectivity index (χ1n) is 6.90. The van der Waals surface area contributed by atoms with Crippen LogP contribution >= 0.6 is 0 Å². The van der Waals surface area contributed by atoms with Gasteiger partial charge in [0.25, 0.3) is 5.91 Å². The van der Waals surface area contributed by atoms with Gasteiger partial charge in [-0.3, -0.25) is 4.79 Å². The molecule has 1 rings (SSSR count). The number of likely N-dealkylation sites (N-methyl/N-ethyl adjacent to an activating group) is 1. The predicted molar refractivity (Wildman–Crippen MR) is 80.6 cm³/mol. The van der Waals surface area contributed by atoms with Crippen molar-refractivity contribution >= 4 is 5.91 Å². The summed E-state index contributed by atoms with van der Waals surface area (Å²) in [5.74, 6) is 0.192. The van der Waals surface area contributed by atoms with Gasteiger partial charge < -0.3 is 20.7 Å². The molecule has 0 aliphatic carbocycles. The van der Waals surface area contributed by atoms with Crippen molar-refractivity contribution in [2.45, 2.75) is 26.4 Å². The molecule has 1 amide bonds. The maximum Gasteiger partial charge on any atom is 0.255 e. The zero-order valence-corrected chi connectivity index (χ0v) is 12.6. The highest BCUT2D eigenvalue weighted by Gasteiger charge is 2.02. The number of amides is 1. The molecule has 0 radical (unpaired) electrons. The van der Waals surface area contributed by atoms with E-state index in [4.69, 9.17) is 10.5 Å². The first-order valence-corrected chi connectivity index (χ1v) is 6.90. The van der Waals surface area contributed by atoms with Gasteiger partial charge in [-0.05, 0) is 38.6 Å². The van der Waals surface area contributed by atoms with Gasteiger partial charge in [0.15, 0.2) is 6.61 Å². The molecule has 0 spiro atoms. The second-order valence-electron chi connectivity index (χ2n) is 5.15. The minimum absolute atomic E-state index is 0.0842. The summed E-state index contributed by atoms with van der Waals surface area (Å²) in [6.07, 6.45) is 0. The molecule has 0 aromatic heterocycles. The summed E-state index contributed by atoms with van der Waals surface area (Å²) < 4.78 is 5.20. The number of hydrogen-bond donors (Lipinski definition) is 2. The van der Waals surface area contributed by atoms with Crippen molar-refractivity contribution in [1.29, 1.82) is 0 Å². The van der Waals surface area contributed by atoms with Crippen LogP contribution in [-0.2, 0) is 11.3 Å². The van der Waals surface area contributed by atoms with E-state index in [1.54, 1.807) is 0 Å². The maximum atomic E-state index is 10.6. The van der Waals surface area contributed by atoms with E-state index in [-0.39, 0.29) is 6.61 Å². The Hall–Kier alpha value is -1.59. The lowest BCUT2D eigenvalue weighted by Crippen LogP contribution is -2.33.